The van der Waals surface area contributed by atoms with Gasteiger partial charge in [-0.1, -0.05) is 26.2 Å². The summed E-state index contributed by atoms with van der Waals surface area (Å²) in [6.07, 6.45) is 10.3. The van der Waals surface area contributed by atoms with Crippen molar-refractivity contribution >= 4 is 5.96 Å². The van der Waals surface area contributed by atoms with Gasteiger partial charge in [-0.15, -0.1) is 0 Å². The van der Waals surface area contributed by atoms with E-state index < -0.39 is 0 Å². The first-order chi connectivity index (χ1) is 9.33. The van der Waals surface area contributed by atoms with Crippen molar-refractivity contribution in [2.75, 3.05) is 32.7 Å². The highest BCUT2D eigenvalue weighted by atomic mass is 15.1. The Morgan fingerprint density at radius 2 is 1.89 bits per heavy atom. The number of piperidine rings is 1. The molecule has 0 aromatic heterocycles. The summed E-state index contributed by atoms with van der Waals surface area (Å²) in [5.74, 6) is 0.615. The van der Waals surface area contributed by atoms with E-state index in [9.17, 15) is 0 Å². The Morgan fingerprint density at radius 3 is 2.63 bits per heavy atom. The van der Waals surface area contributed by atoms with Gasteiger partial charge in [0.15, 0.2) is 5.96 Å². The highest BCUT2D eigenvalue weighted by Crippen LogP contribution is 2.09. The summed E-state index contributed by atoms with van der Waals surface area (Å²) in [6, 6.07) is 0. The van der Waals surface area contributed by atoms with E-state index in [2.05, 4.69) is 22.1 Å². The van der Waals surface area contributed by atoms with Crippen LogP contribution in [0.15, 0.2) is 4.99 Å². The lowest BCUT2D eigenvalue weighted by atomic mass is 10.1. The van der Waals surface area contributed by atoms with Gasteiger partial charge in [-0.3, -0.25) is 4.99 Å². The molecule has 4 nitrogen and oxygen atoms in total. The van der Waals surface area contributed by atoms with Crippen molar-refractivity contribution in [3.8, 4) is 0 Å². The zero-order valence-corrected chi connectivity index (χ0v) is 12.7. The number of guanidine groups is 1. The lowest BCUT2D eigenvalue weighted by Crippen LogP contribution is -2.32. The Labute approximate surface area is 118 Å². The fraction of sp³-hybridized carbons (Fsp3) is 0.933. The van der Waals surface area contributed by atoms with Crippen LogP contribution < -0.4 is 11.1 Å². The number of aliphatic imine (C=N–C) groups is 1. The molecular weight excluding hydrogens is 236 g/mol. The Hall–Kier alpha value is -0.770. The summed E-state index contributed by atoms with van der Waals surface area (Å²) in [5.41, 5.74) is 5.78. The van der Waals surface area contributed by atoms with Gasteiger partial charge in [0.1, 0.15) is 0 Å². The monoisotopic (exact) mass is 268 g/mol. The van der Waals surface area contributed by atoms with Crippen LogP contribution in [0, 0.1) is 0 Å². The number of hydrogen-bond acceptors (Lipinski definition) is 2. The number of likely N-dealkylation sites (tertiary alicyclic amines) is 1. The second kappa shape index (κ2) is 11.1. The third kappa shape index (κ3) is 8.87. The molecule has 4 heteroatoms. The van der Waals surface area contributed by atoms with Gasteiger partial charge in [0.25, 0.3) is 0 Å². The Bertz CT molecular complexity index is 234. The Morgan fingerprint density at radius 1 is 1.11 bits per heavy atom. The molecule has 0 aromatic rings. The van der Waals surface area contributed by atoms with Crippen molar-refractivity contribution in [1.82, 2.24) is 10.2 Å². The van der Waals surface area contributed by atoms with E-state index >= 15 is 0 Å². The molecule has 0 saturated carbocycles. The number of nitrogens with zero attached hydrogens (tertiary/aromatic N) is 2. The minimum Gasteiger partial charge on any atom is -0.370 e. The summed E-state index contributed by atoms with van der Waals surface area (Å²) < 4.78 is 0. The van der Waals surface area contributed by atoms with Crippen LogP contribution >= 0.6 is 0 Å². The highest BCUT2D eigenvalue weighted by Gasteiger charge is 2.08. The summed E-state index contributed by atoms with van der Waals surface area (Å²) in [5, 5.41) is 3.15. The zero-order valence-electron chi connectivity index (χ0n) is 12.7. The van der Waals surface area contributed by atoms with Crippen LogP contribution in [0.3, 0.4) is 0 Å². The van der Waals surface area contributed by atoms with E-state index in [1.165, 1.54) is 58.2 Å². The maximum absolute atomic E-state index is 5.78. The van der Waals surface area contributed by atoms with Gasteiger partial charge in [0.05, 0.1) is 0 Å². The van der Waals surface area contributed by atoms with Gasteiger partial charge in [-0.25, -0.2) is 0 Å². The zero-order chi connectivity index (χ0) is 13.8. The van der Waals surface area contributed by atoms with E-state index in [0.717, 1.165) is 25.9 Å². The quantitative estimate of drug-likeness (QED) is 0.383. The average Bonchev–Trinajstić information content (AvgIpc) is 2.44. The largest absolute Gasteiger partial charge is 0.370 e. The summed E-state index contributed by atoms with van der Waals surface area (Å²) in [7, 11) is 0. The molecule has 1 heterocycles. The molecule has 1 rings (SSSR count). The van der Waals surface area contributed by atoms with Gasteiger partial charge in [-0.05, 0) is 51.7 Å². The maximum atomic E-state index is 5.78. The smallest absolute Gasteiger partial charge is 0.188 e. The van der Waals surface area contributed by atoms with Crippen molar-refractivity contribution in [3.05, 3.63) is 0 Å². The minimum absolute atomic E-state index is 0.615. The van der Waals surface area contributed by atoms with Crippen molar-refractivity contribution in [3.63, 3.8) is 0 Å². The van der Waals surface area contributed by atoms with Gasteiger partial charge < -0.3 is 16.0 Å². The summed E-state index contributed by atoms with van der Waals surface area (Å²) in [6.45, 7) is 7.88. The SMILES string of the molecule is CCCCNC(N)=NCCCCCN1CCCCC1. The molecule has 1 fully saturated rings. The molecule has 0 bridgehead atoms. The van der Waals surface area contributed by atoms with Crippen molar-refractivity contribution in [1.29, 1.82) is 0 Å². The standard InChI is InChI=1S/C15H32N4/c1-2-3-10-17-15(16)18-11-6-4-7-12-19-13-8-5-9-14-19/h2-14H2,1H3,(H3,16,17,18). The molecule has 112 valence electrons. The van der Waals surface area contributed by atoms with E-state index in [-0.39, 0.29) is 0 Å². The van der Waals surface area contributed by atoms with Crippen LogP contribution in [0.2, 0.25) is 0 Å². The van der Waals surface area contributed by atoms with E-state index in [1.54, 1.807) is 0 Å². The van der Waals surface area contributed by atoms with Gasteiger partial charge in [0, 0.05) is 13.1 Å². The molecule has 1 saturated heterocycles. The van der Waals surface area contributed by atoms with Crippen LogP contribution in [0.4, 0.5) is 0 Å². The van der Waals surface area contributed by atoms with Gasteiger partial charge >= 0.3 is 0 Å². The van der Waals surface area contributed by atoms with Crippen molar-refractivity contribution in [2.45, 2.75) is 58.3 Å². The van der Waals surface area contributed by atoms with Crippen LogP contribution in [-0.2, 0) is 0 Å². The first kappa shape index (κ1) is 16.3. The van der Waals surface area contributed by atoms with Crippen LogP contribution in [0.25, 0.3) is 0 Å². The normalized spacial score (nSPS) is 17.6. The Balaban J connectivity index is 1.90. The molecule has 1 aliphatic heterocycles. The van der Waals surface area contributed by atoms with E-state index in [1.807, 2.05) is 0 Å². The lowest BCUT2D eigenvalue weighted by molar-refractivity contribution is 0.224. The topological polar surface area (TPSA) is 53.6 Å². The third-order valence-corrected chi connectivity index (χ3v) is 3.70. The second-order valence-corrected chi connectivity index (χ2v) is 5.51. The minimum atomic E-state index is 0.615. The van der Waals surface area contributed by atoms with E-state index in [4.69, 9.17) is 5.73 Å². The van der Waals surface area contributed by atoms with E-state index in [0.29, 0.717) is 5.96 Å². The van der Waals surface area contributed by atoms with Crippen LogP contribution in [-0.4, -0.2) is 43.6 Å². The molecule has 1 aliphatic rings. The summed E-state index contributed by atoms with van der Waals surface area (Å²) in [4.78, 5) is 6.95. The van der Waals surface area contributed by atoms with Gasteiger partial charge in [0.2, 0.25) is 0 Å². The number of unbranched alkanes of at least 4 members (excludes halogenated alkanes) is 3. The first-order valence-corrected chi connectivity index (χ1v) is 8.09. The third-order valence-electron chi connectivity index (χ3n) is 3.70. The number of nitrogens with one attached hydrogen (secondary N) is 1. The molecule has 0 aromatic carbocycles. The predicted octanol–water partition coefficient (Wildman–Crippen LogP) is 2.35. The molecule has 0 atom stereocenters. The number of nitrogens with two attached hydrogens (primary N) is 1. The number of rotatable bonds is 9. The molecule has 0 aliphatic carbocycles. The molecule has 19 heavy (non-hydrogen) atoms. The maximum Gasteiger partial charge on any atom is 0.188 e. The second-order valence-electron chi connectivity index (χ2n) is 5.51. The Kier molecular flexibility index (Phi) is 9.51. The molecule has 0 spiro atoms. The fourth-order valence-corrected chi connectivity index (χ4v) is 2.46. The molecular formula is C15H32N4. The van der Waals surface area contributed by atoms with Gasteiger partial charge in [-0.2, -0.15) is 0 Å². The molecule has 0 amide bonds. The predicted molar refractivity (Wildman–Crippen MR) is 83.5 cm³/mol. The number of hydrogen-bond donors (Lipinski definition) is 2. The van der Waals surface area contributed by atoms with Crippen molar-refractivity contribution in [2.24, 2.45) is 10.7 Å². The first-order valence-electron chi connectivity index (χ1n) is 8.09. The lowest BCUT2D eigenvalue weighted by Gasteiger charge is -2.26. The molecule has 3 N–H and O–H groups in total. The molecule has 0 unspecified atom stereocenters. The molecule has 0 radical (unpaired) electrons. The average molecular weight is 268 g/mol. The summed E-state index contributed by atoms with van der Waals surface area (Å²) >= 11 is 0. The van der Waals surface area contributed by atoms with Crippen LogP contribution in [0.5, 0.6) is 0 Å². The van der Waals surface area contributed by atoms with Crippen molar-refractivity contribution < 1.29 is 0 Å². The highest BCUT2D eigenvalue weighted by molar-refractivity contribution is 5.77. The fourth-order valence-electron chi connectivity index (χ4n) is 2.46. The van der Waals surface area contributed by atoms with Crippen LogP contribution in [0.1, 0.15) is 58.3 Å².